The summed E-state index contributed by atoms with van der Waals surface area (Å²) < 4.78 is 0. The van der Waals surface area contributed by atoms with Crippen molar-refractivity contribution < 1.29 is 9.59 Å². The molecule has 23 heavy (non-hydrogen) atoms. The molecule has 1 unspecified atom stereocenters. The van der Waals surface area contributed by atoms with Gasteiger partial charge in [0.25, 0.3) is 0 Å². The van der Waals surface area contributed by atoms with Gasteiger partial charge in [-0.05, 0) is 39.0 Å². The molecule has 1 aliphatic heterocycles. The van der Waals surface area contributed by atoms with Crippen LogP contribution in [0.25, 0.3) is 0 Å². The molecule has 6 heteroatoms. The van der Waals surface area contributed by atoms with Crippen LogP contribution in [0.1, 0.15) is 27.2 Å². The number of benzene rings is 1. The van der Waals surface area contributed by atoms with Crippen LogP contribution in [-0.4, -0.2) is 42.9 Å². The summed E-state index contributed by atoms with van der Waals surface area (Å²) in [6.07, 6.45) is 0.251. The van der Waals surface area contributed by atoms with E-state index in [-0.39, 0.29) is 29.7 Å². The molecule has 1 saturated heterocycles. The molecular formula is C17H24ClN3O2. The van der Waals surface area contributed by atoms with Gasteiger partial charge in [-0.2, -0.15) is 0 Å². The van der Waals surface area contributed by atoms with Gasteiger partial charge in [0.2, 0.25) is 11.8 Å². The van der Waals surface area contributed by atoms with Crippen LogP contribution in [0.3, 0.4) is 0 Å². The molecule has 0 radical (unpaired) electrons. The van der Waals surface area contributed by atoms with Gasteiger partial charge in [0.15, 0.2) is 0 Å². The summed E-state index contributed by atoms with van der Waals surface area (Å²) in [6, 6.07) is 5.37. The molecule has 1 aromatic carbocycles. The molecule has 2 rings (SSSR count). The standard InChI is InChI=1S/C17H24ClN3O2/c1-17(2,3)21-10-11(8-15(21)22)16(23)19-13-9-12(18)6-7-14(13)20(4)5/h6-7,9,11H,8,10H2,1-5H3,(H,19,23). The fourth-order valence-corrected chi connectivity index (χ4v) is 2.94. The number of hydrogen-bond donors (Lipinski definition) is 1. The molecule has 2 amide bonds. The Bertz CT molecular complexity index is 623. The van der Waals surface area contributed by atoms with Crippen molar-refractivity contribution in [2.45, 2.75) is 32.7 Å². The zero-order chi connectivity index (χ0) is 17.4. The smallest absolute Gasteiger partial charge is 0.229 e. The number of carbonyl (C=O) groups is 2. The Morgan fingerprint density at radius 1 is 1.35 bits per heavy atom. The molecule has 1 fully saturated rings. The predicted octanol–water partition coefficient (Wildman–Crippen LogP) is 2.99. The van der Waals surface area contributed by atoms with Crippen LogP contribution in [0.15, 0.2) is 18.2 Å². The quantitative estimate of drug-likeness (QED) is 0.922. The molecule has 1 aliphatic rings. The Balaban J connectivity index is 2.15. The van der Waals surface area contributed by atoms with Gasteiger partial charge in [0.1, 0.15) is 0 Å². The van der Waals surface area contributed by atoms with Crippen LogP contribution < -0.4 is 10.2 Å². The second-order valence-corrected chi connectivity index (χ2v) is 7.56. The molecule has 0 bridgehead atoms. The van der Waals surface area contributed by atoms with E-state index in [2.05, 4.69) is 5.32 Å². The average Bonchev–Trinajstić information content (AvgIpc) is 2.80. The van der Waals surface area contributed by atoms with Gasteiger partial charge in [0.05, 0.1) is 17.3 Å². The number of nitrogens with zero attached hydrogens (tertiary/aromatic N) is 2. The fourth-order valence-electron chi connectivity index (χ4n) is 2.76. The normalized spacial score (nSPS) is 18.3. The topological polar surface area (TPSA) is 52.7 Å². The number of likely N-dealkylation sites (tertiary alicyclic amines) is 1. The lowest BCUT2D eigenvalue weighted by molar-refractivity contribution is -0.131. The number of amides is 2. The van der Waals surface area contributed by atoms with Gasteiger partial charge in [-0.15, -0.1) is 0 Å². The maximum absolute atomic E-state index is 12.6. The van der Waals surface area contributed by atoms with Crippen molar-refractivity contribution in [2.24, 2.45) is 5.92 Å². The third-order valence-corrected chi connectivity index (χ3v) is 4.24. The van der Waals surface area contributed by atoms with E-state index in [4.69, 9.17) is 11.6 Å². The molecule has 1 aromatic rings. The number of rotatable bonds is 3. The first-order valence-corrected chi connectivity index (χ1v) is 8.05. The first-order chi connectivity index (χ1) is 10.6. The number of halogens is 1. The van der Waals surface area contributed by atoms with E-state index in [9.17, 15) is 9.59 Å². The van der Waals surface area contributed by atoms with Crippen LogP contribution in [0.4, 0.5) is 11.4 Å². The molecule has 5 nitrogen and oxygen atoms in total. The molecule has 1 N–H and O–H groups in total. The number of hydrogen-bond acceptors (Lipinski definition) is 3. The summed E-state index contributed by atoms with van der Waals surface area (Å²) in [5.74, 6) is -0.456. The highest BCUT2D eigenvalue weighted by Crippen LogP contribution is 2.30. The van der Waals surface area contributed by atoms with Crippen molar-refractivity contribution in [3.63, 3.8) is 0 Å². The van der Waals surface area contributed by atoms with Crippen LogP contribution in [-0.2, 0) is 9.59 Å². The van der Waals surface area contributed by atoms with Crippen molar-refractivity contribution >= 4 is 34.8 Å². The number of carbonyl (C=O) groups excluding carboxylic acids is 2. The van der Waals surface area contributed by atoms with Gasteiger partial charge in [-0.3, -0.25) is 9.59 Å². The van der Waals surface area contributed by atoms with Gasteiger partial charge < -0.3 is 15.1 Å². The van der Waals surface area contributed by atoms with Crippen LogP contribution in [0.5, 0.6) is 0 Å². The molecular weight excluding hydrogens is 314 g/mol. The molecule has 0 aromatic heterocycles. The monoisotopic (exact) mass is 337 g/mol. The maximum Gasteiger partial charge on any atom is 0.229 e. The van der Waals surface area contributed by atoms with Crippen molar-refractivity contribution in [2.75, 3.05) is 30.9 Å². The van der Waals surface area contributed by atoms with Crippen molar-refractivity contribution in [3.8, 4) is 0 Å². The minimum absolute atomic E-state index is 0.0246. The van der Waals surface area contributed by atoms with E-state index in [1.165, 1.54) is 0 Å². The Kier molecular flexibility index (Phi) is 4.90. The largest absolute Gasteiger partial charge is 0.376 e. The lowest BCUT2D eigenvalue weighted by atomic mass is 10.1. The molecule has 1 atom stereocenters. The summed E-state index contributed by atoms with van der Waals surface area (Å²) in [5, 5.41) is 3.48. The molecule has 0 spiro atoms. The highest BCUT2D eigenvalue weighted by Gasteiger charge is 2.39. The highest BCUT2D eigenvalue weighted by atomic mass is 35.5. The van der Waals surface area contributed by atoms with Crippen LogP contribution in [0.2, 0.25) is 5.02 Å². The van der Waals surface area contributed by atoms with Gasteiger partial charge in [-0.1, -0.05) is 11.6 Å². The SMILES string of the molecule is CN(C)c1ccc(Cl)cc1NC(=O)C1CC(=O)N(C(C)(C)C)C1. The summed E-state index contributed by atoms with van der Waals surface area (Å²) in [4.78, 5) is 28.4. The number of nitrogens with one attached hydrogen (secondary N) is 1. The van der Waals surface area contributed by atoms with Crippen molar-refractivity contribution in [1.29, 1.82) is 0 Å². The van der Waals surface area contributed by atoms with E-state index in [1.54, 1.807) is 17.0 Å². The molecule has 126 valence electrons. The third kappa shape index (κ3) is 3.96. The summed E-state index contributed by atoms with van der Waals surface area (Å²) >= 11 is 6.04. The lowest BCUT2D eigenvalue weighted by Crippen LogP contribution is -2.42. The molecule has 1 heterocycles. The summed E-state index contributed by atoms with van der Waals surface area (Å²) in [6.45, 7) is 6.39. The minimum Gasteiger partial charge on any atom is -0.376 e. The van der Waals surface area contributed by atoms with E-state index < -0.39 is 0 Å². The summed E-state index contributed by atoms with van der Waals surface area (Å²) in [7, 11) is 3.80. The Hall–Kier alpha value is -1.75. The van der Waals surface area contributed by atoms with Crippen LogP contribution >= 0.6 is 11.6 Å². The molecule has 0 aliphatic carbocycles. The Morgan fingerprint density at radius 3 is 2.52 bits per heavy atom. The number of anilines is 2. The van der Waals surface area contributed by atoms with E-state index in [0.717, 1.165) is 5.69 Å². The predicted molar refractivity (Wildman–Crippen MR) is 94.0 cm³/mol. The van der Waals surface area contributed by atoms with Crippen LogP contribution in [0, 0.1) is 5.92 Å². The molecule has 0 saturated carbocycles. The van der Waals surface area contributed by atoms with Gasteiger partial charge in [-0.25, -0.2) is 0 Å². The Morgan fingerprint density at radius 2 is 2.00 bits per heavy atom. The first kappa shape index (κ1) is 17.6. The average molecular weight is 338 g/mol. The second-order valence-electron chi connectivity index (χ2n) is 7.12. The van der Waals surface area contributed by atoms with Crippen molar-refractivity contribution in [1.82, 2.24) is 4.90 Å². The van der Waals surface area contributed by atoms with E-state index in [1.807, 2.05) is 45.8 Å². The lowest BCUT2D eigenvalue weighted by Gasteiger charge is -2.32. The minimum atomic E-state index is -0.337. The Labute approximate surface area is 142 Å². The highest BCUT2D eigenvalue weighted by molar-refractivity contribution is 6.31. The fraction of sp³-hybridized carbons (Fsp3) is 0.529. The van der Waals surface area contributed by atoms with Gasteiger partial charge in [0, 0.05) is 37.6 Å². The zero-order valence-corrected chi connectivity index (χ0v) is 15.1. The second kappa shape index (κ2) is 6.40. The summed E-state index contributed by atoms with van der Waals surface area (Å²) in [5.41, 5.74) is 1.27. The third-order valence-electron chi connectivity index (χ3n) is 4.00. The van der Waals surface area contributed by atoms with E-state index >= 15 is 0 Å². The zero-order valence-electron chi connectivity index (χ0n) is 14.3. The van der Waals surface area contributed by atoms with Crippen molar-refractivity contribution in [3.05, 3.63) is 23.2 Å². The first-order valence-electron chi connectivity index (χ1n) is 7.68. The maximum atomic E-state index is 12.6. The van der Waals surface area contributed by atoms with Gasteiger partial charge >= 0.3 is 0 Å². The van der Waals surface area contributed by atoms with E-state index in [0.29, 0.717) is 17.3 Å².